The van der Waals surface area contributed by atoms with Crippen LogP contribution in [0.15, 0.2) is 17.8 Å². The summed E-state index contributed by atoms with van der Waals surface area (Å²) in [5, 5.41) is 3.71. The van der Waals surface area contributed by atoms with E-state index in [1.807, 2.05) is 6.92 Å². The Balaban J connectivity index is 2.64. The number of nitrogens with zero attached hydrogens (tertiary/aromatic N) is 2. The lowest BCUT2D eigenvalue weighted by atomic mass is 10.3. The first-order valence-electron chi connectivity index (χ1n) is 6.64. The number of hydrogen-bond acceptors (Lipinski definition) is 3. The van der Waals surface area contributed by atoms with Gasteiger partial charge >= 0.3 is 0 Å². The molecule has 0 saturated heterocycles. The fraction of sp³-hybridized carbons (Fsp3) is 0.571. The molecule has 0 aliphatic rings. The van der Waals surface area contributed by atoms with Crippen molar-refractivity contribution in [1.29, 1.82) is 0 Å². The van der Waals surface area contributed by atoms with Crippen molar-refractivity contribution in [2.45, 2.75) is 45.3 Å². The van der Waals surface area contributed by atoms with E-state index in [0.717, 1.165) is 30.2 Å². The number of carbonyl (C=O) groups is 1. The lowest BCUT2D eigenvalue weighted by Crippen LogP contribution is -2.25. The molecule has 106 valence electrons. The fourth-order valence-electron chi connectivity index (χ4n) is 1.68. The summed E-state index contributed by atoms with van der Waals surface area (Å²) in [6.45, 7) is 11.3. The van der Waals surface area contributed by atoms with E-state index in [-0.39, 0.29) is 5.91 Å². The molecule has 4 nitrogen and oxygen atoms in total. The van der Waals surface area contributed by atoms with Gasteiger partial charge in [0, 0.05) is 18.8 Å². The molecule has 1 heterocycles. The summed E-state index contributed by atoms with van der Waals surface area (Å²) in [7, 11) is 0. The molecule has 0 atom stereocenters. The third-order valence-corrected chi connectivity index (χ3v) is 3.91. The molecule has 1 aromatic heterocycles. The van der Waals surface area contributed by atoms with Crippen LogP contribution >= 0.6 is 11.8 Å². The van der Waals surface area contributed by atoms with Crippen LogP contribution in [0, 0.1) is 13.8 Å². The van der Waals surface area contributed by atoms with Crippen LogP contribution in [0.5, 0.6) is 0 Å². The first-order valence-corrected chi connectivity index (χ1v) is 7.62. The molecule has 0 aliphatic heterocycles. The van der Waals surface area contributed by atoms with E-state index >= 15 is 0 Å². The molecule has 0 spiro atoms. The molecular weight excluding hydrogens is 258 g/mol. The van der Waals surface area contributed by atoms with Crippen molar-refractivity contribution in [3.8, 4) is 0 Å². The van der Waals surface area contributed by atoms with Crippen LogP contribution in [-0.2, 0) is 11.3 Å². The average Bonchev–Trinajstić information content (AvgIpc) is 2.67. The largest absolute Gasteiger partial charge is 0.352 e. The molecule has 1 rings (SSSR count). The quantitative estimate of drug-likeness (QED) is 0.588. The molecule has 1 N–H and O–H groups in total. The first kappa shape index (κ1) is 15.8. The third-order valence-electron chi connectivity index (χ3n) is 2.93. The smallest absolute Gasteiger partial charge is 0.230 e. The predicted molar refractivity (Wildman–Crippen MR) is 80.5 cm³/mol. The minimum Gasteiger partial charge on any atom is -0.352 e. The maximum Gasteiger partial charge on any atom is 0.230 e. The summed E-state index contributed by atoms with van der Waals surface area (Å²) in [6, 6.07) is 0. The number of aryl methyl sites for hydroxylation is 1. The number of thioether (sulfide) groups is 1. The van der Waals surface area contributed by atoms with Gasteiger partial charge in [0.05, 0.1) is 11.4 Å². The van der Waals surface area contributed by atoms with E-state index in [1.54, 1.807) is 6.08 Å². The molecular formula is C14H23N3OS. The number of imidazole rings is 1. The van der Waals surface area contributed by atoms with Gasteiger partial charge < -0.3 is 9.88 Å². The normalized spacial score (nSPS) is 10.5. The number of rotatable bonds is 8. The molecule has 0 aliphatic carbocycles. The molecule has 0 bridgehead atoms. The molecule has 0 fully saturated rings. The number of unbranched alkanes of at least 4 members (excludes halogenated alkanes) is 1. The number of carbonyl (C=O) groups excluding carboxylic acids is 1. The van der Waals surface area contributed by atoms with Crippen molar-refractivity contribution >= 4 is 17.7 Å². The zero-order valence-electron chi connectivity index (χ0n) is 12.0. The molecule has 5 heteroatoms. The highest BCUT2D eigenvalue weighted by molar-refractivity contribution is 7.99. The third kappa shape index (κ3) is 4.74. The van der Waals surface area contributed by atoms with Crippen molar-refractivity contribution in [2.24, 2.45) is 0 Å². The number of amides is 1. The molecule has 0 saturated carbocycles. The van der Waals surface area contributed by atoms with Gasteiger partial charge in [-0.05, 0) is 20.3 Å². The van der Waals surface area contributed by atoms with E-state index < -0.39 is 0 Å². The monoisotopic (exact) mass is 281 g/mol. The van der Waals surface area contributed by atoms with E-state index in [4.69, 9.17) is 0 Å². The summed E-state index contributed by atoms with van der Waals surface area (Å²) >= 11 is 1.50. The van der Waals surface area contributed by atoms with Gasteiger partial charge in [0.2, 0.25) is 5.91 Å². The van der Waals surface area contributed by atoms with Gasteiger partial charge in [-0.25, -0.2) is 4.98 Å². The molecule has 0 radical (unpaired) electrons. The van der Waals surface area contributed by atoms with E-state index in [1.165, 1.54) is 17.5 Å². The summed E-state index contributed by atoms with van der Waals surface area (Å²) in [5.41, 5.74) is 2.24. The topological polar surface area (TPSA) is 46.9 Å². The van der Waals surface area contributed by atoms with Crippen LogP contribution in [-0.4, -0.2) is 27.8 Å². The van der Waals surface area contributed by atoms with Gasteiger partial charge in [-0.1, -0.05) is 31.2 Å². The second kappa shape index (κ2) is 8.04. The Bertz CT molecular complexity index is 440. The Morgan fingerprint density at radius 1 is 1.53 bits per heavy atom. The van der Waals surface area contributed by atoms with Gasteiger partial charge in [0.1, 0.15) is 0 Å². The SMILES string of the molecule is C=CCNC(=O)CSc1nc(C)c(C)n1CCCC. The van der Waals surface area contributed by atoms with E-state index in [0.29, 0.717) is 12.3 Å². The summed E-state index contributed by atoms with van der Waals surface area (Å²) in [6.07, 6.45) is 3.96. The highest BCUT2D eigenvalue weighted by Crippen LogP contribution is 2.21. The lowest BCUT2D eigenvalue weighted by Gasteiger charge is -2.09. The second-order valence-electron chi connectivity index (χ2n) is 4.45. The maximum absolute atomic E-state index is 11.6. The molecule has 0 unspecified atom stereocenters. The number of nitrogens with one attached hydrogen (secondary N) is 1. The van der Waals surface area contributed by atoms with Crippen LogP contribution in [0.2, 0.25) is 0 Å². The Morgan fingerprint density at radius 2 is 2.26 bits per heavy atom. The summed E-state index contributed by atoms with van der Waals surface area (Å²) < 4.78 is 2.21. The zero-order valence-corrected chi connectivity index (χ0v) is 12.8. The molecule has 1 amide bonds. The highest BCUT2D eigenvalue weighted by Gasteiger charge is 2.12. The van der Waals surface area contributed by atoms with Gasteiger partial charge in [0.25, 0.3) is 0 Å². The van der Waals surface area contributed by atoms with Crippen LogP contribution in [0.1, 0.15) is 31.2 Å². The first-order chi connectivity index (χ1) is 9.10. The number of aromatic nitrogens is 2. The van der Waals surface area contributed by atoms with Gasteiger partial charge in [0.15, 0.2) is 5.16 Å². The number of hydrogen-bond donors (Lipinski definition) is 1. The van der Waals surface area contributed by atoms with Crippen LogP contribution in [0.25, 0.3) is 0 Å². The van der Waals surface area contributed by atoms with Crippen LogP contribution in [0.3, 0.4) is 0 Å². The Hall–Kier alpha value is -1.23. The maximum atomic E-state index is 11.6. The Morgan fingerprint density at radius 3 is 2.89 bits per heavy atom. The molecule has 0 aromatic carbocycles. The fourth-order valence-corrected chi connectivity index (χ4v) is 2.63. The zero-order chi connectivity index (χ0) is 14.3. The van der Waals surface area contributed by atoms with E-state index in [2.05, 4.69) is 35.3 Å². The average molecular weight is 281 g/mol. The van der Waals surface area contributed by atoms with E-state index in [9.17, 15) is 4.79 Å². The van der Waals surface area contributed by atoms with Crippen LogP contribution < -0.4 is 5.32 Å². The highest BCUT2D eigenvalue weighted by atomic mass is 32.2. The summed E-state index contributed by atoms with van der Waals surface area (Å²) in [4.78, 5) is 16.1. The standard InChI is InChI=1S/C14H23N3OS/c1-5-7-9-17-12(4)11(3)16-14(17)19-10-13(18)15-8-6-2/h6H,2,5,7-10H2,1,3-4H3,(H,15,18). The van der Waals surface area contributed by atoms with Gasteiger partial charge in [-0.3, -0.25) is 4.79 Å². The minimum atomic E-state index is 0.0187. The summed E-state index contributed by atoms with van der Waals surface area (Å²) in [5.74, 6) is 0.417. The van der Waals surface area contributed by atoms with Gasteiger partial charge in [-0.15, -0.1) is 6.58 Å². The van der Waals surface area contributed by atoms with Gasteiger partial charge in [-0.2, -0.15) is 0 Å². The van der Waals surface area contributed by atoms with Crippen molar-refractivity contribution in [2.75, 3.05) is 12.3 Å². The Kier molecular flexibility index (Phi) is 6.70. The van der Waals surface area contributed by atoms with Crippen molar-refractivity contribution in [1.82, 2.24) is 14.9 Å². The molecule has 1 aromatic rings. The minimum absolute atomic E-state index is 0.0187. The predicted octanol–water partition coefficient (Wildman–Crippen LogP) is 2.69. The molecule has 19 heavy (non-hydrogen) atoms. The van der Waals surface area contributed by atoms with Crippen molar-refractivity contribution in [3.05, 3.63) is 24.0 Å². The lowest BCUT2D eigenvalue weighted by molar-refractivity contribution is -0.118. The van der Waals surface area contributed by atoms with Crippen molar-refractivity contribution < 1.29 is 4.79 Å². The van der Waals surface area contributed by atoms with Crippen LogP contribution in [0.4, 0.5) is 0 Å². The second-order valence-corrected chi connectivity index (χ2v) is 5.39. The Labute approximate surface area is 119 Å². The van der Waals surface area contributed by atoms with Crippen molar-refractivity contribution in [3.63, 3.8) is 0 Å².